The molecule has 2 fully saturated rings. The molecule has 1 N–H and O–H groups in total. The maximum Gasteiger partial charge on any atom is 0.293 e. The van der Waals surface area contributed by atoms with Gasteiger partial charge in [-0.3, -0.25) is 10.1 Å². The summed E-state index contributed by atoms with van der Waals surface area (Å²) in [4.78, 5) is 15.4. The first-order valence-corrected chi connectivity index (χ1v) is 11.9. The molecule has 8 nitrogen and oxygen atoms in total. The van der Waals surface area contributed by atoms with Crippen LogP contribution < -0.4 is 9.62 Å². The Balaban J connectivity index is 1.83. The molecule has 0 spiro atoms. The van der Waals surface area contributed by atoms with Crippen molar-refractivity contribution in [2.75, 3.05) is 32.1 Å². The normalized spacial score (nSPS) is 25.9. The fourth-order valence-electron chi connectivity index (χ4n) is 4.34. The standard InChI is InChI=1S/C20H32N4O4S/c1-15-6-8-16(9-7-15)21-29(27,28)18-10-11-19(20(13-18)24(25)26)23-12-4-5-17(14-23)22(2)3/h10-11,13,15-17,21H,4-9,12,14H2,1-3H3. The van der Waals surface area contributed by atoms with Crippen molar-refractivity contribution in [1.82, 2.24) is 9.62 Å². The number of nitro benzene ring substituents is 1. The Morgan fingerprint density at radius 1 is 1.17 bits per heavy atom. The van der Waals surface area contributed by atoms with E-state index < -0.39 is 14.9 Å². The van der Waals surface area contributed by atoms with Crippen LogP contribution >= 0.6 is 0 Å². The van der Waals surface area contributed by atoms with E-state index in [1.54, 1.807) is 6.07 Å². The summed E-state index contributed by atoms with van der Waals surface area (Å²) >= 11 is 0. The molecule has 0 bridgehead atoms. The van der Waals surface area contributed by atoms with E-state index in [0.717, 1.165) is 45.1 Å². The molecule has 1 atom stereocenters. The topological polar surface area (TPSA) is 95.8 Å². The highest BCUT2D eigenvalue weighted by molar-refractivity contribution is 7.89. The van der Waals surface area contributed by atoms with E-state index in [2.05, 4.69) is 16.5 Å². The van der Waals surface area contributed by atoms with Crippen LogP contribution in [0.15, 0.2) is 23.1 Å². The van der Waals surface area contributed by atoms with E-state index in [4.69, 9.17) is 0 Å². The number of nitro groups is 1. The van der Waals surface area contributed by atoms with Gasteiger partial charge in [-0.1, -0.05) is 6.92 Å². The quantitative estimate of drug-likeness (QED) is 0.557. The molecule has 2 aliphatic rings. The van der Waals surface area contributed by atoms with Gasteiger partial charge >= 0.3 is 0 Å². The van der Waals surface area contributed by atoms with Crippen LogP contribution in [0.3, 0.4) is 0 Å². The van der Waals surface area contributed by atoms with Gasteiger partial charge in [0, 0.05) is 31.2 Å². The molecule has 1 aliphatic heterocycles. The van der Waals surface area contributed by atoms with Crippen molar-refractivity contribution in [3.63, 3.8) is 0 Å². The summed E-state index contributed by atoms with van der Waals surface area (Å²) in [5.41, 5.74) is 0.344. The Kier molecular flexibility index (Phi) is 6.80. The summed E-state index contributed by atoms with van der Waals surface area (Å²) in [7, 11) is 0.233. The number of nitrogens with one attached hydrogen (secondary N) is 1. The molecule has 29 heavy (non-hydrogen) atoms. The first-order chi connectivity index (χ1) is 13.7. The maximum atomic E-state index is 12.8. The first-order valence-electron chi connectivity index (χ1n) is 10.4. The third-order valence-electron chi connectivity index (χ3n) is 6.26. The lowest BCUT2D eigenvalue weighted by atomic mass is 9.88. The van der Waals surface area contributed by atoms with E-state index in [1.165, 1.54) is 12.1 Å². The molecular weight excluding hydrogens is 392 g/mol. The second-order valence-corrected chi connectivity index (χ2v) is 10.4. The van der Waals surface area contributed by atoms with Crippen LogP contribution in [0.4, 0.5) is 11.4 Å². The van der Waals surface area contributed by atoms with Gasteiger partial charge < -0.3 is 9.80 Å². The number of hydrogen-bond acceptors (Lipinski definition) is 6. The molecule has 162 valence electrons. The summed E-state index contributed by atoms with van der Waals surface area (Å²) < 4.78 is 28.4. The molecule has 0 aromatic heterocycles. The van der Waals surface area contributed by atoms with Crippen molar-refractivity contribution >= 4 is 21.4 Å². The highest BCUT2D eigenvalue weighted by atomic mass is 32.2. The average molecular weight is 425 g/mol. The van der Waals surface area contributed by atoms with Crippen LogP contribution in [0, 0.1) is 16.0 Å². The van der Waals surface area contributed by atoms with Crippen LogP contribution in [0.25, 0.3) is 0 Å². The van der Waals surface area contributed by atoms with E-state index in [9.17, 15) is 18.5 Å². The molecule has 1 saturated carbocycles. The van der Waals surface area contributed by atoms with Crippen LogP contribution in [-0.2, 0) is 10.0 Å². The van der Waals surface area contributed by atoms with Crippen LogP contribution in [0.1, 0.15) is 45.4 Å². The third-order valence-corrected chi connectivity index (χ3v) is 7.78. The predicted octanol–water partition coefficient (Wildman–Crippen LogP) is 2.98. The minimum absolute atomic E-state index is 0.0345. The summed E-state index contributed by atoms with van der Waals surface area (Å²) in [6.45, 7) is 3.60. The van der Waals surface area contributed by atoms with Gasteiger partial charge in [-0.15, -0.1) is 0 Å². The van der Waals surface area contributed by atoms with Crippen molar-refractivity contribution in [3.8, 4) is 0 Å². The number of anilines is 1. The monoisotopic (exact) mass is 424 g/mol. The van der Waals surface area contributed by atoms with Gasteiger partial charge in [-0.05, 0) is 70.7 Å². The zero-order valence-electron chi connectivity index (χ0n) is 17.5. The van der Waals surface area contributed by atoms with E-state index >= 15 is 0 Å². The van der Waals surface area contributed by atoms with Crippen molar-refractivity contribution in [1.29, 1.82) is 0 Å². The summed E-state index contributed by atoms with van der Waals surface area (Å²) in [6, 6.07) is 4.52. The second-order valence-electron chi connectivity index (χ2n) is 8.69. The molecule has 1 aliphatic carbocycles. The van der Waals surface area contributed by atoms with Gasteiger partial charge in [0.2, 0.25) is 10.0 Å². The van der Waals surface area contributed by atoms with Gasteiger partial charge in [0.25, 0.3) is 5.69 Å². The maximum absolute atomic E-state index is 12.8. The number of hydrogen-bond donors (Lipinski definition) is 1. The van der Waals surface area contributed by atoms with Crippen molar-refractivity contribution in [2.45, 2.75) is 62.4 Å². The average Bonchev–Trinajstić information content (AvgIpc) is 2.69. The lowest BCUT2D eigenvalue weighted by Crippen LogP contribution is -2.45. The molecule has 3 rings (SSSR count). The highest BCUT2D eigenvalue weighted by Gasteiger charge is 2.30. The molecular formula is C20H32N4O4S. The third kappa shape index (κ3) is 5.26. The minimum atomic E-state index is -3.79. The van der Waals surface area contributed by atoms with Crippen molar-refractivity contribution in [3.05, 3.63) is 28.3 Å². The zero-order chi connectivity index (χ0) is 21.2. The summed E-state index contributed by atoms with van der Waals surface area (Å²) in [5, 5.41) is 11.7. The lowest BCUT2D eigenvalue weighted by molar-refractivity contribution is -0.384. The van der Waals surface area contributed by atoms with Crippen LogP contribution in [-0.4, -0.2) is 57.5 Å². The number of piperidine rings is 1. The van der Waals surface area contributed by atoms with Gasteiger partial charge in [-0.25, -0.2) is 13.1 Å². The van der Waals surface area contributed by atoms with Gasteiger partial charge in [0.15, 0.2) is 0 Å². The molecule has 0 radical (unpaired) electrons. The molecule has 1 heterocycles. The van der Waals surface area contributed by atoms with E-state index in [1.807, 2.05) is 19.0 Å². The number of sulfonamides is 1. The molecule has 0 amide bonds. The van der Waals surface area contributed by atoms with Gasteiger partial charge in [0.05, 0.1) is 9.82 Å². The molecule has 1 saturated heterocycles. The van der Waals surface area contributed by atoms with Crippen molar-refractivity contribution < 1.29 is 13.3 Å². The number of benzene rings is 1. The van der Waals surface area contributed by atoms with E-state index in [-0.39, 0.29) is 16.6 Å². The summed E-state index contributed by atoms with van der Waals surface area (Å²) in [6.07, 6.45) is 5.60. The largest absolute Gasteiger partial charge is 0.364 e. The zero-order valence-corrected chi connectivity index (χ0v) is 18.3. The second kappa shape index (κ2) is 8.97. The lowest BCUT2D eigenvalue weighted by Gasteiger charge is -2.37. The minimum Gasteiger partial charge on any atom is -0.364 e. The fraction of sp³-hybridized carbons (Fsp3) is 0.700. The molecule has 1 aromatic rings. The van der Waals surface area contributed by atoms with E-state index in [0.29, 0.717) is 24.2 Å². The molecule has 1 unspecified atom stereocenters. The van der Waals surface area contributed by atoms with Crippen LogP contribution in [0.2, 0.25) is 0 Å². The van der Waals surface area contributed by atoms with Gasteiger partial charge in [0.1, 0.15) is 5.69 Å². The smallest absolute Gasteiger partial charge is 0.293 e. The van der Waals surface area contributed by atoms with Crippen molar-refractivity contribution in [2.24, 2.45) is 5.92 Å². The Morgan fingerprint density at radius 2 is 1.86 bits per heavy atom. The molecule has 9 heteroatoms. The fourth-order valence-corrected chi connectivity index (χ4v) is 5.67. The summed E-state index contributed by atoms with van der Waals surface area (Å²) in [5.74, 6) is 0.617. The Labute approximate surface area is 173 Å². The molecule has 1 aromatic carbocycles. The predicted molar refractivity (Wildman–Crippen MR) is 114 cm³/mol. The Hall–Kier alpha value is -1.71. The Morgan fingerprint density at radius 3 is 2.48 bits per heavy atom. The number of likely N-dealkylation sites (N-methyl/N-ethyl adjacent to an activating group) is 1. The first kappa shape index (κ1) is 22.0. The highest BCUT2D eigenvalue weighted by Crippen LogP contribution is 2.33. The SMILES string of the molecule is CC1CCC(NS(=O)(=O)c2ccc(N3CCCC(N(C)C)C3)c([N+](=O)[O-])c2)CC1. The number of nitrogens with zero attached hydrogens (tertiary/aromatic N) is 3. The van der Waals surface area contributed by atoms with Gasteiger partial charge in [-0.2, -0.15) is 0 Å². The number of rotatable bonds is 6. The Bertz CT molecular complexity index is 835. The van der Waals surface area contributed by atoms with Crippen LogP contribution in [0.5, 0.6) is 0 Å².